The number of nitriles is 1. The summed E-state index contributed by atoms with van der Waals surface area (Å²) in [7, 11) is 0. The van der Waals surface area contributed by atoms with Crippen LogP contribution in [0.15, 0.2) is 21.6 Å². The minimum Gasteiger partial charge on any atom is -0.379 e. The number of hydrogen-bond acceptors (Lipinski definition) is 7. The van der Waals surface area contributed by atoms with Gasteiger partial charge in [0.15, 0.2) is 5.57 Å². The van der Waals surface area contributed by atoms with Crippen molar-refractivity contribution < 1.29 is 9.53 Å². The number of thiazole rings is 1. The van der Waals surface area contributed by atoms with Crippen LogP contribution in [-0.4, -0.2) is 54.8 Å². The molecule has 3 heterocycles. The number of carbonyl (C=O) groups excluding carboxylic acids is 1. The summed E-state index contributed by atoms with van der Waals surface area (Å²) in [6, 6.07) is 3.95. The number of amides is 1. The third-order valence-corrected chi connectivity index (χ3v) is 6.40. The highest BCUT2D eigenvalue weighted by atomic mass is 32.1. The van der Waals surface area contributed by atoms with E-state index in [-0.39, 0.29) is 11.1 Å². The van der Waals surface area contributed by atoms with Crippen LogP contribution in [0, 0.1) is 11.3 Å². The van der Waals surface area contributed by atoms with Crippen LogP contribution in [0.2, 0.25) is 0 Å². The Labute approximate surface area is 177 Å². The van der Waals surface area contributed by atoms with E-state index in [1.54, 1.807) is 15.9 Å². The molecule has 2 aromatic rings. The van der Waals surface area contributed by atoms with Gasteiger partial charge in [0.25, 0.3) is 11.5 Å². The van der Waals surface area contributed by atoms with Crippen molar-refractivity contribution in [1.82, 2.24) is 14.8 Å². The molecule has 9 heteroatoms. The summed E-state index contributed by atoms with van der Waals surface area (Å²) >= 11 is 2.75. The largest absolute Gasteiger partial charge is 0.379 e. The molecule has 7 nitrogen and oxygen atoms in total. The first-order valence-electron chi connectivity index (χ1n) is 9.60. The van der Waals surface area contributed by atoms with Crippen molar-refractivity contribution in [2.75, 3.05) is 39.4 Å². The third-order valence-electron chi connectivity index (χ3n) is 4.57. The second-order valence-electron chi connectivity index (χ2n) is 6.63. The molecule has 1 aliphatic rings. The van der Waals surface area contributed by atoms with Gasteiger partial charge >= 0.3 is 0 Å². The van der Waals surface area contributed by atoms with Crippen molar-refractivity contribution in [2.24, 2.45) is 0 Å². The second-order valence-corrected chi connectivity index (χ2v) is 8.44. The lowest BCUT2D eigenvalue weighted by atomic mass is 10.3. The quantitative estimate of drug-likeness (QED) is 0.682. The number of aromatic nitrogens is 1. The molecule has 1 fully saturated rings. The van der Waals surface area contributed by atoms with E-state index in [0.29, 0.717) is 42.0 Å². The zero-order valence-electron chi connectivity index (χ0n) is 16.3. The number of ether oxygens (including phenoxy) is 1. The average molecular weight is 433 g/mol. The molecule has 0 aromatic carbocycles. The van der Waals surface area contributed by atoms with Crippen LogP contribution in [0.25, 0.3) is 11.6 Å². The molecule has 0 atom stereocenters. The van der Waals surface area contributed by atoms with Gasteiger partial charge in [0.2, 0.25) is 0 Å². The van der Waals surface area contributed by atoms with Gasteiger partial charge in [0.05, 0.1) is 17.7 Å². The van der Waals surface area contributed by atoms with Gasteiger partial charge in [-0.2, -0.15) is 16.6 Å². The number of nitrogens with one attached hydrogen (secondary N) is 1. The van der Waals surface area contributed by atoms with E-state index in [0.717, 1.165) is 25.1 Å². The van der Waals surface area contributed by atoms with Crippen molar-refractivity contribution in [3.05, 3.63) is 41.9 Å². The SMILES string of the molecule is CCCn1c(=O)/c(=C/c2ccsc2)s/c1=C(\C#N)C(=O)NCCN1CCOCC1. The Bertz CT molecular complexity index is 1040. The molecule has 29 heavy (non-hydrogen) atoms. The van der Waals surface area contributed by atoms with Gasteiger partial charge in [0, 0.05) is 32.7 Å². The standard InChI is InChI=1S/C20H24N4O3S2/c1-2-5-24-19(26)17(12-15-3-11-28-14-15)29-20(24)16(13-21)18(25)22-4-6-23-7-9-27-10-8-23/h3,11-12,14H,2,4-10H2,1H3,(H,22,25)/b17-12-,20-16+. The fraction of sp³-hybridized carbons (Fsp3) is 0.450. The highest BCUT2D eigenvalue weighted by molar-refractivity contribution is 7.08. The van der Waals surface area contributed by atoms with Gasteiger partial charge in [-0.3, -0.25) is 19.1 Å². The Kier molecular flexibility index (Phi) is 7.77. The topological polar surface area (TPSA) is 87.4 Å². The van der Waals surface area contributed by atoms with E-state index in [1.807, 2.05) is 35.9 Å². The summed E-state index contributed by atoms with van der Waals surface area (Å²) in [6.45, 7) is 6.66. The fourth-order valence-corrected chi connectivity index (χ4v) is 4.82. The predicted octanol–water partition coefficient (Wildman–Crippen LogP) is 0.333. The molecular formula is C20H24N4O3S2. The molecular weight excluding hydrogens is 408 g/mol. The minimum absolute atomic E-state index is 0.00695. The molecule has 1 N–H and O–H groups in total. The number of rotatable bonds is 7. The third kappa shape index (κ3) is 5.42. The molecule has 0 aliphatic carbocycles. The second kappa shape index (κ2) is 10.5. The van der Waals surface area contributed by atoms with Crippen molar-refractivity contribution in [3.8, 4) is 6.07 Å². The highest BCUT2D eigenvalue weighted by Crippen LogP contribution is 2.06. The van der Waals surface area contributed by atoms with Crippen molar-refractivity contribution in [3.63, 3.8) is 0 Å². The molecule has 0 unspecified atom stereocenters. The summed E-state index contributed by atoms with van der Waals surface area (Å²) in [5.41, 5.74) is 0.774. The van der Waals surface area contributed by atoms with Crippen molar-refractivity contribution >= 4 is 40.2 Å². The number of carbonyl (C=O) groups is 1. The molecule has 0 spiro atoms. The predicted molar refractivity (Wildman–Crippen MR) is 115 cm³/mol. The molecule has 0 radical (unpaired) electrons. The van der Waals surface area contributed by atoms with Crippen molar-refractivity contribution in [2.45, 2.75) is 19.9 Å². The first-order valence-corrected chi connectivity index (χ1v) is 11.4. The number of hydrogen-bond donors (Lipinski definition) is 1. The Hall–Kier alpha value is -2.25. The van der Waals surface area contributed by atoms with E-state index < -0.39 is 5.91 Å². The van der Waals surface area contributed by atoms with Gasteiger partial charge in [-0.05, 0) is 34.9 Å². The van der Waals surface area contributed by atoms with Gasteiger partial charge < -0.3 is 10.1 Å². The minimum atomic E-state index is -0.436. The summed E-state index contributed by atoms with van der Waals surface area (Å²) in [4.78, 5) is 27.7. The van der Waals surface area contributed by atoms with Crippen LogP contribution in [0.3, 0.4) is 0 Å². The van der Waals surface area contributed by atoms with Crippen LogP contribution in [0.1, 0.15) is 18.9 Å². The van der Waals surface area contributed by atoms with Crippen LogP contribution in [0.4, 0.5) is 0 Å². The maximum absolute atomic E-state index is 12.8. The molecule has 1 saturated heterocycles. The van der Waals surface area contributed by atoms with E-state index in [9.17, 15) is 14.9 Å². The lowest BCUT2D eigenvalue weighted by molar-refractivity contribution is -0.115. The molecule has 0 bridgehead atoms. The maximum Gasteiger partial charge on any atom is 0.269 e. The zero-order chi connectivity index (χ0) is 20.6. The smallest absolute Gasteiger partial charge is 0.269 e. The average Bonchev–Trinajstić information content (AvgIpc) is 3.34. The number of thiophene rings is 1. The van der Waals surface area contributed by atoms with Crippen LogP contribution in [-0.2, 0) is 16.1 Å². The van der Waals surface area contributed by atoms with E-state index in [4.69, 9.17) is 4.74 Å². The van der Waals surface area contributed by atoms with Crippen molar-refractivity contribution in [1.29, 1.82) is 5.26 Å². The van der Waals surface area contributed by atoms with E-state index >= 15 is 0 Å². The summed E-state index contributed by atoms with van der Waals surface area (Å²) in [6.07, 6.45) is 2.55. The van der Waals surface area contributed by atoms with Crippen LogP contribution >= 0.6 is 22.7 Å². The molecule has 0 saturated carbocycles. The Morgan fingerprint density at radius 2 is 2.17 bits per heavy atom. The Balaban J connectivity index is 1.88. The normalized spacial score (nSPS) is 16.5. The molecule has 2 aromatic heterocycles. The number of nitrogens with zero attached hydrogens (tertiary/aromatic N) is 3. The van der Waals surface area contributed by atoms with Gasteiger partial charge in [-0.15, -0.1) is 11.3 Å². The molecule has 1 amide bonds. The monoisotopic (exact) mass is 432 g/mol. The molecule has 1 aliphatic heterocycles. The molecule has 3 rings (SSSR count). The summed E-state index contributed by atoms with van der Waals surface area (Å²) in [5, 5.41) is 16.4. The first-order chi connectivity index (χ1) is 14.1. The lowest BCUT2D eigenvalue weighted by Crippen LogP contribution is -2.42. The van der Waals surface area contributed by atoms with E-state index in [1.165, 1.54) is 11.3 Å². The maximum atomic E-state index is 12.8. The zero-order valence-corrected chi connectivity index (χ0v) is 18.0. The Morgan fingerprint density at radius 1 is 1.38 bits per heavy atom. The van der Waals surface area contributed by atoms with Crippen LogP contribution < -0.4 is 20.1 Å². The van der Waals surface area contributed by atoms with E-state index in [2.05, 4.69) is 10.2 Å². The lowest BCUT2D eigenvalue weighted by Gasteiger charge is -2.26. The van der Waals surface area contributed by atoms with Gasteiger partial charge in [0.1, 0.15) is 10.7 Å². The highest BCUT2D eigenvalue weighted by Gasteiger charge is 2.16. The molecule has 154 valence electrons. The first kappa shape index (κ1) is 21.5. The van der Waals surface area contributed by atoms with Gasteiger partial charge in [-0.1, -0.05) is 6.92 Å². The summed E-state index contributed by atoms with van der Waals surface area (Å²) in [5.74, 6) is -0.436. The van der Waals surface area contributed by atoms with Gasteiger partial charge in [-0.25, -0.2) is 0 Å². The number of morpholine rings is 1. The Morgan fingerprint density at radius 3 is 2.83 bits per heavy atom. The fourth-order valence-electron chi connectivity index (χ4n) is 3.08. The summed E-state index contributed by atoms with van der Waals surface area (Å²) < 4.78 is 7.81. The van der Waals surface area contributed by atoms with Crippen LogP contribution in [0.5, 0.6) is 0 Å².